The molecule has 1 saturated heterocycles. The van der Waals surface area contributed by atoms with Crippen molar-refractivity contribution in [2.45, 2.75) is 27.7 Å². The summed E-state index contributed by atoms with van der Waals surface area (Å²) in [6.07, 6.45) is 0. The summed E-state index contributed by atoms with van der Waals surface area (Å²) in [7, 11) is 0. The van der Waals surface area contributed by atoms with Gasteiger partial charge in [0.25, 0.3) is 5.91 Å². The number of hydrogen-bond acceptors (Lipinski definition) is 5. The Labute approximate surface area is 154 Å². The number of anilines is 1. The van der Waals surface area contributed by atoms with Crippen LogP contribution in [0.3, 0.4) is 0 Å². The van der Waals surface area contributed by atoms with Crippen molar-refractivity contribution < 1.29 is 14.4 Å². The van der Waals surface area contributed by atoms with Gasteiger partial charge in [-0.1, -0.05) is 32.0 Å². The number of carbonyl (C=O) groups excluding carboxylic acids is 3. The predicted octanol–water partition coefficient (Wildman–Crippen LogP) is 2.00. The van der Waals surface area contributed by atoms with Crippen LogP contribution in [-0.2, 0) is 9.59 Å². The van der Waals surface area contributed by atoms with Gasteiger partial charge < -0.3 is 4.90 Å². The van der Waals surface area contributed by atoms with Crippen LogP contribution < -0.4 is 10.2 Å². The van der Waals surface area contributed by atoms with E-state index in [0.717, 1.165) is 30.1 Å². The van der Waals surface area contributed by atoms with E-state index in [1.807, 2.05) is 19.1 Å². The number of urea groups is 1. The van der Waals surface area contributed by atoms with Crippen LogP contribution in [0.1, 0.15) is 26.3 Å². The minimum absolute atomic E-state index is 0.422. The number of nitrogens with one attached hydrogen (secondary N) is 1. The Balaban J connectivity index is 2.22. The molecule has 1 N–H and O–H groups in total. The van der Waals surface area contributed by atoms with Gasteiger partial charge >= 0.3 is 6.03 Å². The third-order valence-corrected chi connectivity index (χ3v) is 4.61. The van der Waals surface area contributed by atoms with Gasteiger partial charge in [0.05, 0.1) is 12.2 Å². The Morgan fingerprint density at radius 1 is 1.19 bits per heavy atom. The maximum Gasteiger partial charge on any atom is 0.335 e. The lowest BCUT2D eigenvalue weighted by atomic mass is 9.98. The Kier molecular flexibility index (Phi) is 6.63. The second-order valence-corrected chi connectivity index (χ2v) is 6.24. The molecule has 7 heteroatoms. The van der Waals surface area contributed by atoms with E-state index < -0.39 is 23.8 Å². The summed E-state index contributed by atoms with van der Waals surface area (Å²) < 4.78 is 0. The molecule has 1 fully saturated rings. The molecule has 1 heterocycles. The molecule has 1 unspecified atom stereocenters. The van der Waals surface area contributed by atoms with Gasteiger partial charge in [0, 0.05) is 12.3 Å². The number of carbonyl (C=O) groups is 3. The molecular formula is C19H26N4O3. The molecule has 140 valence electrons. The van der Waals surface area contributed by atoms with Gasteiger partial charge in [-0.25, -0.2) is 9.69 Å². The Hall–Kier alpha value is -2.54. The number of likely N-dealkylation sites (N-methyl/N-ethyl adjacent to an activating group) is 1. The van der Waals surface area contributed by atoms with Crippen molar-refractivity contribution >= 4 is 29.2 Å². The van der Waals surface area contributed by atoms with Crippen LogP contribution in [0.15, 0.2) is 29.3 Å². The monoisotopic (exact) mass is 358 g/mol. The van der Waals surface area contributed by atoms with Gasteiger partial charge in [0.1, 0.15) is 0 Å². The first-order valence-electron chi connectivity index (χ1n) is 8.88. The maximum absolute atomic E-state index is 12.9. The van der Waals surface area contributed by atoms with E-state index in [-0.39, 0.29) is 0 Å². The van der Waals surface area contributed by atoms with Gasteiger partial charge in [-0.3, -0.25) is 19.9 Å². The summed E-state index contributed by atoms with van der Waals surface area (Å²) in [5, 5.41) is 2.27. The summed E-state index contributed by atoms with van der Waals surface area (Å²) >= 11 is 0. The van der Waals surface area contributed by atoms with Gasteiger partial charge in [-0.2, -0.15) is 0 Å². The highest BCUT2D eigenvalue weighted by atomic mass is 16.2. The number of amides is 4. The van der Waals surface area contributed by atoms with E-state index in [2.05, 4.69) is 29.1 Å². The number of aryl methyl sites for hydroxylation is 1. The largest absolute Gasteiger partial charge is 0.335 e. The summed E-state index contributed by atoms with van der Waals surface area (Å²) in [5.74, 6) is -2.25. The lowest BCUT2D eigenvalue weighted by molar-refractivity contribution is -0.131. The maximum atomic E-state index is 12.9. The molecule has 7 nitrogen and oxygen atoms in total. The normalized spacial score (nSPS) is 18.5. The fourth-order valence-electron chi connectivity index (χ4n) is 2.98. The number of rotatable bonds is 7. The van der Waals surface area contributed by atoms with E-state index in [9.17, 15) is 14.4 Å². The summed E-state index contributed by atoms with van der Waals surface area (Å²) in [4.78, 5) is 45.1. The van der Waals surface area contributed by atoms with Crippen molar-refractivity contribution in [1.82, 2.24) is 10.2 Å². The van der Waals surface area contributed by atoms with Crippen LogP contribution >= 0.6 is 0 Å². The van der Waals surface area contributed by atoms with Crippen molar-refractivity contribution in [3.63, 3.8) is 0 Å². The minimum atomic E-state index is -1.08. The average molecular weight is 358 g/mol. The first-order valence-corrected chi connectivity index (χ1v) is 8.88. The smallest absolute Gasteiger partial charge is 0.302 e. The van der Waals surface area contributed by atoms with Gasteiger partial charge in [-0.05, 0) is 38.6 Å². The van der Waals surface area contributed by atoms with Crippen LogP contribution in [0.5, 0.6) is 0 Å². The molecular weight excluding hydrogens is 332 g/mol. The SMILES string of the molecule is CCN(CC)CCN=C(C)C1C(=O)NC(=O)N(c2ccccc2C)C1=O. The summed E-state index contributed by atoms with van der Waals surface area (Å²) in [6, 6.07) is 6.35. The molecule has 2 rings (SSSR count). The third-order valence-electron chi connectivity index (χ3n) is 4.61. The number of benzene rings is 1. The van der Waals surface area contributed by atoms with Crippen LogP contribution in [0.25, 0.3) is 0 Å². The molecule has 0 radical (unpaired) electrons. The zero-order valence-electron chi connectivity index (χ0n) is 15.8. The van der Waals surface area contributed by atoms with E-state index in [0.29, 0.717) is 17.9 Å². The highest BCUT2D eigenvalue weighted by Crippen LogP contribution is 2.24. The molecule has 1 aliphatic rings. The predicted molar refractivity (Wildman–Crippen MR) is 101 cm³/mol. The molecule has 0 spiro atoms. The van der Waals surface area contributed by atoms with Crippen molar-refractivity contribution in [1.29, 1.82) is 0 Å². The molecule has 4 amide bonds. The van der Waals surface area contributed by atoms with E-state index in [1.165, 1.54) is 0 Å². The van der Waals surface area contributed by atoms with E-state index in [4.69, 9.17) is 0 Å². The molecule has 0 aliphatic carbocycles. The van der Waals surface area contributed by atoms with Crippen LogP contribution in [0.4, 0.5) is 10.5 Å². The zero-order valence-corrected chi connectivity index (χ0v) is 15.8. The highest BCUT2D eigenvalue weighted by molar-refractivity contribution is 6.35. The van der Waals surface area contributed by atoms with Crippen LogP contribution in [0, 0.1) is 12.8 Å². The molecule has 0 saturated carbocycles. The van der Waals surface area contributed by atoms with Crippen LogP contribution in [0.2, 0.25) is 0 Å². The van der Waals surface area contributed by atoms with Crippen molar-refractivity contribution in [3.05, 3.63) is 29.8 Å². The molecule has 1 aromatic rings. The van der Waals surface area contributed by atoms with Crippen LogP contribution in [-0.4, -0.2) is 54.6 Å². The molecule has 1 atom stereocenters. The number of aliphatic imine (C=N–C) groups is 1. The topological polar surface area (TPSA) is 82.1 Å². The minimum Gasteiger partial charge on any atom is -0.302 e. The molecule has 1 aromatic carbocycles. The number of barbiturate groups is 1. The Morgan fingerprint density at radius 3 is 2.46 bits per heavy atom. The van der Waals surface area contributed by atoms with Crippen molar-refractivity contribution in [3.8, 4) is 0 Å². The summed E-state index contributed by atoms with van der Waals surface area (Å²) in [5.41, 5.74) is 1.68. The van der Waals surface area contributed by atoms with Gasteiger partial charge in [-0.15, -0.1) is 0 Å². The first kappa shape index (κ1) is 19.8. The Bertz CT molecular complexity index is 725. The summed E-state index contributed by atoms with van der Waals surface area (Å²) in [6.45, 7) is 10.7. The standard InChI is InChI=1S/C19H26N4O3/c1-5-22(6-2)12-11-20-14(4)16-17(24)21-19(26)23(18(16)25)15-10-8-7-9-13(15)3/h7-10,16H,5-6,11-12H2,1-4H3,(H,21,24,26). The zero-order chi connectivity index (χ0) is 19.3. The average Bonchev–Trinajstić information content (AvgIpc) is 2.60. The van der Waals surface area contributed by atoms with Gasteiger partial charge in [0.15, 0.2) is 5.92 Å². The highest BCUT2D eigenvalue weighted by Gasteiger charge is 2.43. The van der Waals surface area contributed by atoms with Gasteiger partial charge in [0.2, 0.25) is 5.91 Å². The molecule has 0 aromatic heterocycles. The lowest BCUT2D eigenvalue weighted by Gasteiger charge is -2.31. The fourth-order valence-corrected chi connectivity index (χ4v) is 2.98. The first-order chi connectivity index (χ1) is 12.4. The lowest BCUT2D eigenvalue weighted by Crippen LogP contribution is -2.60. The number of para-hydroxylation sites is 1. The number of nitrogens with zero attached hydrogens (tertiary/aromatic N) is 3. The third kappa shape index (κ3) is 4.16. The van der Waals surface area contributed by atoms with Crippen molar-refractivity contribution in [2.75, 3.05) is 31.1 Å². The molecule has 26 heavy (non-hydrogen) atoms. The Morgan fingerprint density at radius 2 is 1.85 bits per heavy atom. The van der Waals surface area contributed by atoms with E-state index >= 15 is 0 Å². The van der Waals surface area contributed by atoms with Crippen molar-refractivity contribution in [2.24, 2.45) is 10.9 Å². The second-order valence-electron chi connectivity index (χ2n) is 6.24. The number of imide groups is 2. The molecule has 0 bridgehead atoms. The number of hydrogen-bond donors (Lipinski definition) is 1. The van der Waals surface area contributed by atoms with E-state index in [1.54, 1.807) is 19.1 Å². The fraction of sp³-hybridized carbons (Fsp3) is 0.474. The second kappa shape index (κ2) is 8.71. The molecule has 1 aliphatic heterocycles. The quantitative estimate of drug-likeness (QED) is 0.597.